The number of nitrogens with one attached hydrogen (secondary N) is 1. The Morgan fingerprint density at radius 3 is 2.50 bits per heavy atom. The minimum Gasteiger partial charge on any atom is -0.497 e. The highest BCUT2D eigenvalue weighted by Gasteiger charge is 2.12. The van der Waals surface area contributed by atoms with Crippen LogP contribution in [0.15, 0.2) is 18.2 Å². The van der Waals surface area contributed by atoms with Crippen molar-refractivity contribution in [1.82, 2.24) is 0 Å². The first-order chi connectivity index (χ1) is 8.33. The van der Waals surface area contributed by atoms with Gasteiger partial charge in [-0.1, -0.05) is 20.8 Å². The molecule has 0 atom stereocenters. The molecular weight excluding hydrogens is 228 g/mol. The Morgan fingerprint density at radius 2 is 2.00 bits per heavy atom. The van der Waals surface area contributed by atoms with E-state index >= 15 is 0 Å². The van der Waals surface area contributed by atoms with E-state index in [1.807, 2.05) is 0 Å². The molecule has 0 unspecified atom stereocenters. The monoisotopic (exact) mass is 250 g/mol. The van der Waals surface area contributed by atoms with Crippen molar-refractivity contribution in [3.63, 3.8) is 0 Å². The molecule has 0 aliphatic carbocycles. The Bertz CT molecular complexity index is 422. The molecule has 0 saturated heterocycles. The number of hydrogen-bond donors (Lipinski definition) is 2. The van der Waals surface area contributed by atoms with Gasteiger partial charge in [0.2, 0.25) is 0 Å². The van der Waals surface area contributed by atoms with E-state index in [9.17, 15) is 0 Å². The molecule has 1 aromatic rings. The van der Waals surface area contributed by atoms with Crippen LogP contribution in [0.5, 0.6) is 11.5 Å². The summed E-state index contributed by atoms with van der Waals surface area (Å²) >= 11 is 0. The van der Waals surface area contributed by atoms with Gasteiger partial charge < -0.3 is 15.2 Å². The van der Waals surface area contributed by atoms with E-state index in [-0.39, 0.29) is 11.3 Å². The van der Waals surface area contributed by atoms with E-state index in [2.05, 4.69) is 20.8 Å². The number of ether oxygens (including phenoxy) is 2. The van der Waals surface area contributed by atoms with Gasteiger partial charge in [-0.25, -0.2) is 0 Å². The van der Waals surface area contributed by atoms with Gasteiger partial charge in [0.1, 0.15) is 17.3 Å². The highest BCUT2D eigenvalue weighted by Crippen LogP contribution is 2.26. The fraction of sp³-hybridized carbons (Fsp3) is 0.500. The summed E-state index contributed by atoms with van der Waals surface area (Å²) in [6.07, 6.45) is 0.932. The van der Waals surface area contributed by atoms with Crippen molar-refractivity contribution in [1.29, 1.82) is 5.41 Å². The Hall–Kier alpha value is -1.71. The molecule has 0 fully saturated rings. The van der Waals surface area contributed by atoms with Gasteiger partial charge >= 0.3 is 0 Å². The Kier molecular flexibility index (Phi) is 4.59. The van der Waals surface area contributed by atoms with Gasteiger partial charge in [-0.3, -0.25) is 5.41 Å². The lowest BCUT2D eigenvalue weighted by atomic mass is 9.93. The quantitative estimate of drug-likeness (QED) is 0.623. The van der Waals surface area contributed by atoms with Crippen LogP contribution in [0.4, 0.5) is 0 Å². The van der Waals surface area contributed by atoms with E-state index in [1.54, 1.807) is 25.3 Å². The molecule has 0 spiro atoms. The summed E-state index contributed by atoms with van der Waals surface area (Å²) in [5, 5.41) is 7.52. The van der Waals surface area contributed by atoms with Gasteiger partial charge in [0, 0.05) is 6.07 Å². The van der Waals surface area contributed by atoms with Gasteiger partial charge in [-0.15, -0.1) is 0 Å². The number of benzene rings is 1. The van der Waals surface area contributed by atoms with Gasteiger partial charge in [-0.2, -0.15) is 0 Å². The second kappa shape index (κ2) is 5.76. The molecule has 0 aliphatic heterocycles. The number of amidine groups is 1. The molecule has 1 rings (SSSR count). The highest BCUT2D eigenvalue weighted by atomic mass is 16.5. The van der Waals surface area contributed by atoms with Crippen molar-refractivity contribution in [3.05, 3.63) is 23.8 Å². The molecule has 0 saturated carbocycles. The summed E-state index contributed by atoms with van der Waals surface area (Å²) in [5.41, 5.74) is 6.35. The third-order valence-corrected chi connectivity index (χ3v) is 2.59. The second-order valence-corrected chi connectivity index (χ2v) is 5.43. The second-order valence-electron chi connectivity index (χ2n) is 5.43. The lowest BCUT2D eigenvalue weighted by molar-refractivity contribution is 0.242. The molecule has 0 aliphatic rings. The van der Waals surface area contributed by atoms with Crippen LogP contribution in [-0.2, 0) is 0 Å². The highest BCUT2D eigenvalue weighted by molar-refractivity contribution is 5.97. The van der Waals surface area contributed by atoms with Gasteiger partial charge in [0.05, 0.1) is 19.3 Å². The predicted molar refractivity (Wildman–Crippen MR) is 73.6 cm³/mol. The largest absolute Gasteiger partial charge is 0.497 e. The number of nitrogens with two attached hydrogens (primary N) is 1. The van der Waals surface area contributed by atoms with Gasteiger partial charge in [0.15, 0.2) is 0 Å². The number of nitrogen functional groups attached to an aromatic ring is 1. The van der Waals surface area contributed by atoms with Crippen LogP contribution in [0, 0.1) is 10.8 Å². The van der Waals surface area contributed by atoms with Gasteiger partial charge in [-0.05, 0) is 24.0 Å². The first-order valence-corrected chi connectivity index (χ1v) is 5.99. The maximum absolute atomic E-state index is 7.52. The first kappa shape index (κ1) is 14.4. The molecule has 0 heterocycles. The summed E-state index contributed by atoms with van der Waals surface area (Å²) in [6.45, 7) is 7.08. The first-order valence-electron chi connectivity index (χ1n) is 5.99. The fourth-order valence-electron chi connectivity index (χ4n) is 1.44. The van der Waals surface area contributed by atoms with Gasteiger partial charge in [0.25, 0.3) is 0 Å². The fourth-order valence-corrected chi connectivity index (χ4v) is 1.44. The zero-order valence-electron chi connectivity index (χ0n) is 11.5. The Balaban J connectivity index is 2.81. The van der Waals surface area contributed by atoms with Crippen molar-refractivity contribution >= 4 is 5.84 Å². The number of hydrogen-bond acceptors (Lipinski definition) is 3. The summed E-state index contributed by atoms with van der Waals surface area (Å²) in [7, 11) is 1.60. The van der Waals surface area contributed by atoms with Crippen molar-refractivity contribution in [2.45, 2.75) is 27.2 Å². The molecule has 4 heteroatoms. The molecule has 100 valence electrons. The molecule has 1 aromatic carbocycles. The molecular formula is C14H22N2O2. The normalized spacial score (nSPS) is 11.1. The SMILES string of the molecule is COc1ccc(C(=N)N)c(OCCC(C)(C)C)c1. The molecule has 0 bridgehead atoms. The predicted octanol–water partition coefficient (Wildman–Crippen LogP) is 2.79. The van der Waals surface area contributed by atoms with E-state index in [0.717, 1.165) is 6.42 Å². The third-order valence-electron chi connectivity index (χ3n) is 2.59. The molecule has 0 radical (unpaired) electrons. The van der Waals surface area contributed by atoms with E-state index < -0.39 is 0 Å². The smallest absolute Gasteiger partial charge is 0.133 e. The van der Waals surface area contributed by atoms with Crippen LogP contribution in [0.1, 0.15) is 32.8 Å². The van der Waals surface area contributed by atoms with E-state index in [0.29, 0.717) is 23.7 Å². The van der Waals surface area contributed by atoms with Crippen LogP contribution in [0.3, 0.4) is 0 Å². The zero-order valence-corrected chi connectivity index (χ0v) is 11.5. The van der Waals surface area contributed by atoms with E-state index in [1.165, 1.54) is 0 Å². The number of rotatable bonds is 5. The lowest BCUT2D eigenvalue weighted by Gasteiger charge is -2.19. The summed E-state index contributed by atoms with van der Waals surface area (Å²) in [6, 6.07) is 5.28. The summed E-state index contributed by atoms with van der Waals surface area (Å²) in [5.74, 6) is 1.31. The van der Waals surface area contributed by atoms with Crippen LogP contribution >= 0.6 is 0 Å². The minimum absolute atomic E-state index is 0.00316. The maximum atomic E-state index is 7.52. The van der Waals surface area contributed by atoms with Crippen LogP contribution < -0.4 is 15.2 Å². The van der Waals surface area contributed by atoms with Crippen molar-refractivity contribution < 1.29 is 9.47 Å². The zero-order chi connectivity index (χ0) is 13.8. The standard InChI is InChI=1S/C14H22N2O2/c1-14(2,3)7-8-18-12-9-10(17-4)5-6-11(12)13(15)16/h5-6,9H,7-8H2,1-4H3,(H3,15,16). The minimum atomic E-state index is 0.00316. The molecule has 3 N–H and O–H groups in total. The topological polar surface area (TPSA) is 68.3 Å². The average molecular weight is 250 g/mol. The maximum Gasteiger partial charge on any atom is 0.133 e. The Morgan fingerprint density at radius 1 is 1.33 bits per heavy atom. The average Bonchev–Trinajstić information content (AvgIpc) is 2.26. The summed E-state index contributed by atoms with van der Waals surface area (Å²) < 4.78 is 10.9. The third kappa shape index (κ3) is 4.28. The molecule has 0 amide bonds. The lowest BCUT2D eigenvalue weighted by Crippen LogP contribution is -2.15. The summed E-state index contributed by atoms with van der Waals surface area (Å²) in [4.78, 5) is 0. The molecule has 18 heavy (non-hydrogen) atoms. The van der Waals surface area contributed by atoms with Crippen LogP contribution in [0.2, 0.25) is 0 Å². The van der Waals surface area contributed by atoms with Crippen molar-refractivity contribution in [2.24, 2.45) is 11.1 Å². The van der Waals surface area contributed by atoms with Crippen molar-refractivity contribution in [2.75, 3.05) is 13.7 Å². The van der Waals surface area contributed by atoms with Crippen LogP contribution in [0.25, 0.3) is 0 Å². The Labute approximate surface area is 109 Å². The molecule has 4 nitrogen and oxygen atoms in total. The van der Waals surface area contributed by atoms with Crippen LogP contribution in [-0.4, -0.2) is 19.6 Å². The van der Waals surface area contributed by atoms with E-state index in [4.69, 9.17) is 20.6 Å². The van der Waals surface area contributed by atoms with Crippen molar-refractivity contribution in [3.8, 4) is 11.5 Å². The molecule has 0 aromatic heterocycles. The number of methoxy groups -OCH3 is 1.